The van der Waals surface area contributed by atoms with Crippen LogP contribution in [0.1, 0.15) is 35.7 Å². The van der Waals surface area contributed by atoms with Gasteiger partial charge in [0.2, 0.25) is 5.95 Å². The van der Waals surface area contributed by atoms with Gasteiger partial charge < -0.3 is 20.9 Å². The number of fused-ring (bicyclic) bond motifs is 2. The molecular weight excluding hydrogens is 328 g/mol. The molecule has 3 N–H and O–H groups in total. The first-order valence-electron chi connectivity index (χ1n) is 9.17. The number of rotatable bonds is 3. The van der Waals surface area contributed by atoms with E-state index in [0.29, 0.717) is 23.4 Å². The average Bonchev–Trinajstić information content (AvgIpc) is 2.77. The maximum Gasteiger partial charge on any atom is 0.261 e. The predicted octanol–water partition coefficient (Wildman–Crippen LogP) is 2.99. The predicted molar refractivity (Wildman–Crippen MR) is 103 cm³/mol. The van der Waals surface area contributed by atoms with Crippen LogP contribution >= 0.6 is 0 Å². The van der Waals surface area contributed by atoms with Crippen LogP contribution in [0, 0.1) is 6.92 Å². The summed E-state index contributed by atoms with van der Waals surface area (Å²) in [5.41, 5.74) is 3.13. The minimum Gasteiger partial charge on any atom is -0.351 e. The molecule has 1 saturated heterocycles. The maximum atomic E-state index is 12.5. The third kappa shape index (κ3) is 3.35. The second-order valence-electron chi connectivity index (χ2n) is 6.94. The van der Waals surface area contributed by atoms with E-state index in [2.05, 4.69) is 37.7 Å². The molecule has 0 saturated carbocycles. The summed E-state index contributed by atoms with van der Waals surface area (Å²) in [5, 5.41) is 9.62. The van der Waals surface area contributed by atoms with Gasteiger partial charge in [0.15, 0.2) is 0 Å². The second-order valence-corrected chi connectivity index (χ2v) is 6.94. The number of aryl methyl sites for hydroxylation is 1. The Bertz CT molecular complexity index is 829. The smallest absolute Gasteiger partial charge is 0.261 e. The quantitative estimate of drug-likeness (QED) is 0.788. The van der Waals surface area contributed by atoms with E-state index >= 15 is 0 Å². The third-order valence-electron chi connectivity index (χ3n) is 5.08. The van der Waals surface area contributed by atoms with Crippen molar-refractivity contribution in [1.82, 2.24) is 14.9 Å². The van der Waals surface area contributed by atoms with E-state index in [4.69, 9.17) is 0 Å². The first kappa shape index (κ1) is 16.8. The van der Waals surface area contributed by atoms with Crippen LogP contribution in [0.4, 0.5) is 23.1 Å². The van der Waals surface area contributed by atoms with Crippen molar-refractivity contribution in [2.45, 2.75) is 32.7 Å². The van der Waals surface area contributed by atoms with Crippen molar-refractivity contribution in [2.75, 3.05) is 35.6 Å². The first-order valence-corrected chi connectivity index (χ1v) is 9.17. The van der Waals surface area contributed by atoms with Crippen molar-refractivity contribution in [2.24, 2.45) is 0 Å². The number of carbonyl (C=O) groups excluding carboxylic acids is 1. The topological polar surface area (TPSA) is 82.2 Å². The van der Waals surface area contributed by atoms with Gasteiger partial charge in [-0.05, 0) is 44.0 Å². The number of carbonyl (C=O) groups is 1. The van der Waals surface area contributed by atoms with Gasteiger partial charge in [0.05, 0.1) is 11.4 Å². The Kier molecular flexibility index (Phi) is 4.46. The fourth-order valence-electron chi connectivity index (χ4n) is 3.48. The zero-order chi connectivity index (χ0) is 18.1. The number of hydrogen-bond donors (Lipinski definition) is 3. The van der Waals surface area contributed by atoms with Crippen molar-refractivity contribution < 1.29 is 4.79 Å². The van der Waals surface area contributed by atoms with Crippen LogP contribution in [-0.4, -0.2) is 46.5 Å². The summed E-state index contributed by atoms with van der Waals surface area (Å²) in [7, 11) is 0. The number of nitrogens with zero attached hydrogens (tertiary/aromatic N) is 3. The molecule has 1 aromatic heterocycles. The van der Waals surface area contributed by atoms with Crippen LogP contribution in [-0.2, 0) is 0 Å². The lowest BCUT2D eigenvalue weighted by atomic mass is 10.1. The van der Waals surface area contributed by atoms with Crippen LogP contribution in [0.2, 0.25) is 0 Å². The van der Waals surface area contributed by atoms with E-state index in [1.807, 2.05) is 25.1 Å². The molecule has 0 spiro atoms. The summed E-state index contributed by atoms with van der Waals surface area (Å²) in [6.07, 6.45) is 3.74. The molecule has 3 heterocycles. The molecule has 0 aliphatic carbocycles. The van der Waals surface area contributed by atoms with Gasteiger partial charge in [-0.15, -0.1) is 0 Å². The number of likely N-dealkylation sites (tertiary alicyclic amines) is 1. The Labute approximate surface area is 153 Å². The third-order valence-corrected chi connectivity index (χ3v) is 5.08. The van der Waals surface area contributed by atoms with Gasteiger partial charge in [0, 0.05) is 25.3 Å². The van der Waals surface area contributed by atoms with Gasteiger partial charge >= 0.3 is 0 Å². The maximum absolute atomic E-state index is 12.5. The molecule has 4 rings (SSSR count). The monoisotopic (exact) mass is 352 g/mol. The Morgan fingerprint density at radius 3 is 2.81 bits per heavy atom. The number of nitrogens with one attached hydrogen (secondary N) is 3. The largest absolute Gasteiger partial charge is 0.351 e. The highest BCUT2D eigenvalue weighted by Crippen LogP contribution is 2.31. The minimum atomic E-state index is -0.195. The number of anilines is 4. The summed E-state index contributed by atoms with van der Waals surface area (Å²) >= 11 is 0. The van der Waals surface area contributed by atoms with E-state index in [0.717, 1.165) is 49.4 Å². The number of hydrogen-bond acceptors (Lipinski definition) is 6. The summed E-state index contributed by atoms with van der Waals surface area (Å²) < 4.78 is 0. The SMILES string of the molecule is CCN1CCC(Nc2ncc3c(n2)Nc2ccc(C)cc2NC3=O)CC1. The van der Waals surface area contributed by atoms with Gasteiger partial charge in [-0.2, -0.15) is 4.98 Å². The molecule has 0 unspecified atom stereocenters. The molecule has 0 bridgehead atoms. The number of aromatic nitrogens is 2. The lowest BCUT2D eigenvalue weighted by molar-refractivity contribution is 0.102. The molecule has 2 aliphatic heterocycles. The van der Waals surface area contributed by atoms with Crippen molar-refractivity contribution in [3.8, 4) is 0 Å². The van der Waals surface area contributed by atoms with Crippen LogP contribution in [0.25, 0.3) is 0 Å². The standard InChI is InChI=1S/C19H24N6O/c1-3-25-8-6-13(7-9-25)21-19-20-11-14-17(24-19)22-15-5-4-12(2)10-16(15)23-18(14)26/h4-5,10-11,13H,3,6-9H2,1-2H3,(H,23,26)(H2,20,21,22,24). The summed E-state index contributed by atoms with van der Waals surface area (Å²) in [5.74, 6) is 0.905. The molecule has 136 valence electrons. The fourth-order valence-corrected chi connectivity index (χ4v) is 3.48. The van der Waals surface area contributed by atoms with Crippen molar-refractivity contribution in [3.63, 3.8) is 0 Å². The molecule has 0 atom stereocenters. The highest BCUT2D eigenvalue weighted by molar-refractivity contribution is 6.11. The zero-order valence-electron chi connectivity index (χ0n) is 15.2. The minimum absolute atomic E-state index is 0.195. The van der Waals surface area contributed by atoms with Gasteiger partial charge in [-0.3, -0.25) is 4.79 Å². The lowest BCUT2D eigenvalue weighted by Gasteiger charge is -2.31. The van der Waals surface area contributed by atoms with E-state index in [-0.39, 0.29) is 5.91 Å². The molecule has 0 radical (unpaired) electrons. The van der Waals surface area contributed by atoms with Gasteiger partial charge in [0.25, 0.3) is 5.91 Å². The van der Waals surface area contributed by atoms with Crippen LogP contribution < -0.4 is 16.0 Å². The fraction of sp³-hybridized carbons (Fsp3) is 0.421. The molecule has 26 heavy (non-hydrogen) atoms. The lowest BCUT2D eigenvalue weighted by Crippen LogP contribution is -2.39. The molecule has 1 aromatic carbocycles. The summed E-state index contributed by atoms with van der Waals surface area (Å²) in [6, 6.07) is 6.27. The van der Waals surface area contributed by atoms with Gasteiger partial charge in [-0.1, -0.05) is 13.0 Å². The first-order chi connectivity index (χ1) is 12.6. The van der Waals surface area contributed by atoms with Gasteiger partial charge in [0.1, 0.15) is 11.4 Å². The molecule has 7 heteroatoms. The Balaban J connectivity index is 1.55. The second kappa shape index (κ2) is 6.92. The molecule has 2 aliphatic rings. The highest BCUT2D eigenvalue weighted by Gasteiger charge is 2.23. The van der Waals surface area contributed by atoms with E-state index < -0.39 is 0 Å². The van der Waals surface area contributed by atoms with Crippen molar-refractivity contribution in [1.29, 1.82) is 0 Å². The van der Waals surface area contributed by atoms with Gasteiger partial charge in [-0.25, -0.2) is 4.98 Å². The normalized spacial score (nSPS) is 17.5. The molecule has 1 amide bonds. The van der Waals surface area contributed by atoms with Crippen molar-refractivity contribution in [3.05, 3.63) is 35.5 Å². The van der Waals surface area contributed by atoms with Crippen LogP contribution in [0.15, 0.2) is 24.4 Å². The Morgan fingerprint density at radius 1 is 1.23 bits per heavy atom. The van der Waals surface area contributed by atoms with Crippen molar-refractivity contribution >= 4 is 29.0 Å². The number of piperidine rings is 1. The van der Waals surface area contributed by atoms with Crippen LogP contribution in [0.5, 0.6) is 0 Å². The highest BCUT2D eigenvalue weighted by atomic mass is 16.1. The molecule has 7 nitrogen and oxygen atoms in total. The van der Waals surface area contributed by atoms with E-state index in [9.17, 15) is 4.79 Å². The van der Waals surface area contributed by atoms with Crippen LogP contribution in [0.3, 0.4) is 0 Å². The summed E-state index contributed by atoms with van der Waals surface area (Å²) in [4.78, 5) is 23.9. The molecule has 1 fully saturated rings. The molecule has 2 aromatic rings. The van der Waals surface area contributed by atoms with E-state index in [1.165, 1.54) is 0 Å². The zero-order valence-corrected chi connectivity index (χ0v) is 15.2. The summed E-state index contributed by atoms with van der Waals surface area (Å²) in [6.45, 7) is 7.47. The number of benzene rings is 1. The average molecular weight is 352 g/mol. The molecular formula is C19H24N6O. The Morgan fingerprint density at radius 2 is 2.04 bits per heavy atom. The number of amides is 1. The Hall–Kier alpha value is -2.67. The van der Waals surface area contributed by atoms with E-state index in [1.54, 1.807) is 6.20 Å².